The Bertz CT molecular complexity index is 457. The zero-order chi connectivity index (χ0) is 17.3. The second-order valence-corrected chi connectivity index (χ2v) is 7.62. The summed E-state index contributed by atoms with van der Waals surface area (Å²) >= 11 is 0. The molecule has 6 nitrogen and oxygen atoms in total. The average Bonchev–Trinajstić information content (AvgIpc) is 2.78. The molecule has 7 heteroatoms. The molecular weight excluding hydrogens is 303 g/mol. The minimum atomic E-state index is -1.02. The lowest BCUT2D eigenvalue weighted by molar-refractivity contribution is -0.155. The minimum Gasteiger partial charge on any atom is -0.467 e. The molecule has 0 aromatic rings. The van der Waals surface area contributed by atoms with Crippen molar-refractivity contribution >= 4 is 12.1 Å². The van der Waals surface area contributed by atoms with Crippen LogP contribution >= 0.6 is 0 Å². The van der Waals surface area contributed by atoms with Gasteiger partial charge in [-0.1, -0.05) is 0 Å². The Balaban J connectivity index is 1.90. The number of alkyl halides is 1. The van der Waals surface area contributed by atoms with Crippen molar-refractivity contribution in [3.63, 3.8) is 0 Å². The van der Waals surface area contributed by atoms with Gasteiger partial charge in [0, 0.05) is 19.6 Å². The van der Waals surface area contributed by atoms with E-state index in [1.54, 1.807) is 20.8 Å². The van der Waals surface area contributed by atoms with E-state index < -0.39 is 29.4 Å². The molecule has 1 amide bonds. The summed E-state index contributed by atoms with van der Waals surface area (Å²) in [7, 11) is 1.31. The lowest BCUT2D eigenvalue weighted by Crippen LogP contribution is -2.64. The van der Waals surface area contributed by atoms with E-state index in [4.69, 9.17) is 9.47 Å². The van der Waals surface area contributed by atoms with Gasteiger partial charge in [-0.25, -0.2) is 14.0 Å². The number of nitrogens with zero attached hydrogens (tertiary/aromatic N) is 1. The molecule has 0 aromatic heterocycles. The molecule has 1 saturated heterocycles. The first-order valence-corrected chi connectivity index (χ1v) is 8.09. The van der Waals surface area contributed by atoms with Gasteiger partial charge in [0.15, 0.2) is 0 Å². The molecule has 0 aromatic carbocycles. The van der Waals surface area contributed by atoms with Crippen molar-refractivity contribution in [2.45, 2.75) is 57.3 Å². The summed E-state index contributed by atoms with van der Waals surface area (Å²) in [5.41, 5.74) is -1.65. The molecule has 23 heavy (non-hydrogen) atoms. The average molecular weight is 330 g/mol. The number of esters is 1. The molecule has 1 aliphatic carbocycles. The highest BCUT2D eigenvalue weighted by atomic mass is 19.1. The van der Waals surface area contributed by atoms with Gasteiger partial charge in [-0.05, 0) is 46.0 Å². The summed E-state index contributed by atoms with van der Waals surface area (Å²) in [5, 5.41) is 2.67. The fraction of sp³-hybridized carbons (Fsp3) is 0.875. The SMILES string of the molecule is COC(=O)C1(NC(=O)OC(C)(C)C)CC(CN2CC[C@H](F)C2)C1. The number of nitrogens with one attached hydrogen (secondary N) is 1. The van der Waals surface area contributed by atoms with E-state index in [-0.39, 0.29) is 5.92 Å². The van der Waals surface area contributed by atoms with Crippen LogP contribution in [0.25, 0.3) is 0 Å². The third-order valence-electron chi connectivity index (χ3n) is 4.32. The molecule has 1 atom stereocenters. The van der Waals surface area contributed by atoms with E-state index >= 15 is 0 Å². The third kappa shape index (κ3) is 4.56. The molecule has 2 rings (SSSR count). The number of methoxy groups -OCH3 is 1. The van der Waals surface area contributed by atoms with E-state index in [0.29, 0.717) is 25.8 Å². The number of hydrogen-bond donors (Lipinski definition) is 1. The molecule has 2 fully saturated rings. The molecule has 0 unspecified atom stereocenters. The second-order valence-electron chi connectivity index (χ2n) is 7.62. The number of hydrogen-bond acceptors (Lipinski definition) is 5. The smallest absolute Gasteiger partial charge is 0.408 e. The summed E-state index contributed by atoms with van der Waals surface area (Å²) in [6.45, 7) is 7.25. The Morgan fingerprint density at radius 2 is 2.00 bits per heavy atom. The normalized spacial score (nSPS) is 31.3. The van der Waals surface area contributed by atoms with Crippen molar-refractivity contribution in [3.05, 3.63) is 0 Å². The third-order valence-corrected chi connectivity index (χ3v) is 4.32. The molecule has 0 spiro atoms. The lowest BCUT2D eigenvalue weighted by atomic mass is 9.68. The number of ether oxygens (including phenoxy) is 2. The molecule has 1 aliphatic heterocycles. The number of alkyl carbamates (subject to hydrolysis) is 1. The summed E-state index contributed by atoms with van der Waals surface area (Å²) in [5.74, 6) is -0.210. The van der Waals surface area contributed by atoms with Crippen LogP contribution in [-0.4, -0.2) is 61.0 Å². The van der Waals surface area contributed by atoms with E-state index in [2.05, 4.69) is 10.2 Å². The van der Waals surface area contributed by atoms with Crippen molar-refractivity contribution in [1.29, 1.82) is 0 Å². The number of carbonyl (C=O) groups is 2. The number of amides is 1. The maximum atomic E-state index is 13.2. The van der Waals surface area contributed by atoms with Crippen molar-refractivity contribution in [2.24, 2.45) is 5.92 Å². The van der Waals surface area contributed by atoms with Crippen LogP contribution in [0.5, 0.6) is 0 Å². The number of carbonyl (C=O) groups excluding carboxylic acids is 2. The van der Waals surface area contributed by atoms with Crippen LogP contribution in [0.3, 0.4) is 0 Å². The Labute approximate surface area is 136 Å². The standard InChI is InChI=1S/C16H27FN2O4/c1-15(2,3)23-14(21)18-16(13(20)22-4)7-11(8-16)9-19-6-5-12(17)10-19/h11-12H,5-10H2,1-4H3,(H,18,21)/t11?,12-,16?/m0/s1. The summed E-state index contributed by atoms with van der Waals surface area (Å²) in [6, 6.07) is 0. The Morgan fingerprint density at radius 3 is 2.48 bits per heavy atom. The monoisotopic (exact) mass is 330 g/mol. The van der Waals surface area contributed by atoms with E-state index in [9.17, 15) is 14.0 Å². The first-order chi connectivity index (χ1) is 10.6. The first-order valence-electron chi connectivity index (χ1n) is 8.09. The maximum Gasteiger partial charge on any atom is 0.408 e. The van der Waals surface area contributed by atoms with Gasteiger partial charge in [0.25, 0.3) is 0 Å². The van der Waals surface area contributed by atoms with Crippen molar-refractivity contribution in [2.75, 3.05) is 26.7 Å². The molecule has 132 valence electrons. The lowest BCUT2D eigenvalue weighted by Gasteiger charge is -2.46. The number of likely N-dealkylation sites (tertiary alicyclic amines) is 1. The Hall–Kier alpha value is -1.37. The van der Waals surface area contributed by atoms with Crippen LogP contribution in [0.1, 0.15) is 40.0 Å². The van der Waals surface area contributed by atoms with Crippen molar-refractivity contribution in [3.8, 4) is 0 Å². The quantitative estimate of drug-likeness (QED) is 0.797. The van der Waals surface area contributed by atoms with Gasteiger partial charge < -0.3 is 19.7 Å². The molecule has 1 heterocycles. The van der Waals surface area contributed by atoms with Crippen LogP contribution in [0.2, 0.25) is 0 Å². The predicted molar refractivity (Wildman–Crippen MR) is 82.8 cm³/mol. The van der Waals surface area contributed by atoms with Gasteiger partial charge in [0.05, 0.1) is 7.11 Å². The fourth-order valence-corrected chi connectivity index (χ4v) is 3.39. The van der Waals surface area contributed by atoms with Gasteiger partial charge in [-0.15, -0.1) is 0 Å². The van der Waals surface area contributed by atoms with Gasteiger partial charge in [-0.2, -0.15) is 0 Å². The van der Waals surface area contributed by atoms with E-state index in [1.807, 2.05) is 0 Å². The molecule has 1 N–H and O–H groups in total. The first kappa shape index (κ1) is 18.0. The molecule has 0 radical (unpaired) electrons. The van der Waals surface area contributed by atoms with Gasteiger partial charge in [-0.3, -0.25) is 0 Å². The Morgan fingerprint density at radius 1 is 1.35 bits per heavy atom. The van der Waals surface area contributed by atoms with Crippen LogP contribution < -0.4 is 5.32 Å². The van der Waals surface area contributed by atoms with Gasteiger partial charge in [0.1, 0.15) is 17.3 Å². The van der Waals surface area contributed by atoms with Crippen molar-refractivity contribution in [1.82, 2.24) is 10.2 Å². The highest BCUT2D eigenvalue weighted by Crippen LogP contribution is 2.40. The number of rotatable bonds is 4. The van der Waals surface area contributed by atoms with E-state index in [0.717, 1.165) is 13.1 Å². The van der Waals surface area contributed by atoms with Crippen LogP contribution in [0, 0.1) is 5.92 Å². The largest absolute Gasteiger partial charge is 0.467 e. The molecule has 0 bridgehead atoms. The fourth-order valence-electron chi connectivity index (χ4n) is 3.39. The van der Waals surface area contributed by atoms with Crippen LogP contribution in [0.4, 0.5) is 9.18 Å². The highest BCUT2D eigenvalue weighted by molar-refractivity contribution is 5.87. The highest BCUT2D eigenvalue weighted by Gasteiger charge is 2.53. The van der Waals surface area contributed by atoms with Gasteiger partial charge >= 0.3 is 12.1 Å². The topological polar surface area (TPSA) is 67.9 Å². The van der Waals surface area contributed by atoms with E-state index in [1.165, 1.54) is 7.11 Å². The van der Waals surface area contributed by atoms with Crippen LogP contribution in [-0.2, 0) is 14.3 Å². The van der Waals surface area contributed by atoms with Gasteiger partial charge in [0.2, 0.25) is 0 Å². The molecular formula is C16H27FN2O4. The maximum absolute atomic E-state index is 13.2. The Kier molecular flexibility index (Phi) is 5.18. The van der Waals surface area contributed by atoms with Crippen molar-refractivity contribution < 1.29 is 23.5 Å². The summed E-state index contributed by atoms with van der Waals surface area (Å²) < 4.78 is 23.3. The molecule has 2 aliphatic rings. The zero-order valence-corrected chi connectivity index (χ0v) is 14.4. The number of halogens is 1. The molecule has 1 saturated carbocycles. The minimum absolute atomic E-state index is 0.245. The second kappa shape index (κ2) is 6.63. The summed E-state index contributed by atoms with van der Waals surface area (Å²) in [6.07, 6.45) is 0.190. The zero-order valence-electron chi connectivity index (χ0n) is 14.4. The van der Waals surface area contributed by atoms with Crippen LogP contribution in [0.15, 0.2) is 0 Å². The predicted octanol–water partition coefficient (Wildman–Crippen LogP) is 1.88. The summed E-state index contributed by atoms with van der Waals surface area (Å²) in [4.78, 5) is 26.1.